The van der Waals surface area contributed by atoms with Gasteiger partial charge in [-0.25, -0.2) is 0 Å². The van der Waals surface area contributed by atoms with Crippen molar-refractivity contribution >= 4 is 33.1 Å². The number of oxime groups is 1. The average molecular weight is 367 g/mol. The minimum Gasteiger partial charge on any atom is -0.511 e. The lowest BCUT2D eigenvalue weighted by Crippen LogP contribution is -2.17. The Morgan fingerprint density at radius 2 is 2.05 bits per heavy atom. The van der Waals surface area contributed by atoms with Crippen LogP contribution in [0.4, 0.5) is 0 Å². The first-order chi connectivity index (χ1) is 10.3. The zero-order valence-electron chi connectivity index (χ0n) is 12.8. The highest BCUT2D eigenvalue weighted by Gasteiger charge is 2.35. The predicted octanol–water partition coefficient (Wildman–Crippen LogP) is 3.23. The largest absolute Gasteiger partial charge is 0.511 e. The molecule has 118 valence electrons. The van der Waals surface area contributed by atoms with E-state index in [2.05, 4.69) is 25.9 Å². The number of allylic oxidation sites excluding steroid dienone is 2. The maximum absolute atomic E-state index is 12.4. The highest BCUT2D eigenvalue weighted by Crippen LogP contribution is 2.39. The molecule has 1 aromatic carbocycles. The molecule has 0 saturated heterocycles. The summed E-state index contributed by atoms with van der Waals surface area (Å²) in [4.78, 5) is 17.0. The van der Waals surface area contributed by atoms with Crippen molar-refractivity contribution in [2.75, 3.05) is 7.11 Å². The van der Waals surface area contributed by atoms with Gasteiger partial charge in [-0.1, -0.05) is 21.1 Å². The van der Waals surface area contributed by atoms with E-state index in [1.807, 2.05) is 26.0 Å². The van der Waals surface area contributed by atoms with E-state index < -0.39 is 0 Å². The fourth-order valence-corrected chi connectivity index (χ4v) is 3.60. The van der Waals surface area contributed by atoms with Crippen LogP contribution in [-0.4, -0.2) is 23.8 Å². The van der Waals surface area contributed by atoms with E-state index in [0.29, 0.717) is 12.0 Å². The molecule has 22 heavy (non-hydrogen) atoms. The SMILES string of the molecule is CON=C(N)CC1CC(=O)C(c2c(C)cc(Br)cc2C)=C1O. The molecular weight excluding hydrogens is 348 g/mol. The lowest BCUT2D eigenvalue weighted by atomic mass is 9.94. The van der Waals surface area contributed by atoms with Gasteiger partial charge in [0.05, 0.1) is 5.57 Å². The van der Waals surface area contributed by atoms with Crippen molar-refractivity contribution in [2.24, 2.45) is 16.8 Å². The molecule has 1 aliphatic carbocycles. The average Bonchev–Trinajstić information content (AvgIpc) is 2.65. The number of nitrogens with two attached hydrogens (primary N) is 1. The first-order valence-electron chi connectivity index (χ1n) is 6.94. The van der Waals surface area contributed by atoms with E-state index in [1.54, 1.807) is 0 Å². The number of hydrogen-bond donors (Lipinski definition) is 2. The quantitative estimate of drug-likeness (QED) is 0.486. The molecule has 0 aliphatic heterocycles. The van der Waals surface area contributed by atoms with Gasteiger partial charge in [0.1, 0.15) is 18.7 Å². The van der Waals surface area contributed by atoms with Crippen molar-refractivity contribution in [1.29, 1.82) is 0 Å². The van der Waals surface area contributed by atoms with Crippen molar-refractivity contribution in [3.05, 3.63) is 39.1 Å². The summed E-state index contributed by atoms with van der Waals surface area (Å²) in [6, 6.07) is 3.87. The van der Waals surface area contributed by atoms with Gasteiger partial charge in [0.25, 0.3) is 0 Å². The number of ketones is 1. The summed E-state index contributed by atoms with van der Waals surface area (Å²) in [5.74, 6) is -0.0600. The Labute approximate surface area is 138 Å². The second-order valence-electron chi connectivity index (χ2n) is 5.47. The number of carbonyl (C=O) groups is 1. The van der Waals surface area contributed by atoms with Crippen LogP contribution in [0.1, 0.15) is 29.5 Å². The number of nitrogens with zero attached hydrogens (tertiary/aromatic N) is 1. The van der Waals surface area contributed by atoms with E-state index >= 15 is 0 Å². The molecular formula is C16H19BrN2O3. The molecule has 1 unspecified atom stereocenters. The molecule has 6 heteroatoms. The summed E-state index contributed by atoms with van der Waals surface area (Å²) in [5, 5.41) is 14.1. The van der Waals surface area contributed by atoms with Gasteiger partial charge in [0.15, 0.2) is 5.78 Å². The van der Waals surface area contributed by atoms with Crippen molar-refractivity contribution in [1.82, 2.24) is 0 Å². The van der Waals surface area contributed by atoms with Crippen LogP contribution in [0.25, 0.3) is 5.57 Å². The summed E-state index contributed by atoms with van der Waals surface area (Å²) >= 11 is 3.44. The molecule has 0 radical (unpaired) electrons. The standard InChI is InChI=1S/C16H19BrN2O3/c1-8-4-11(17)5-9(2)14(8)15-12(20)6-10(16(15)21)7-13(18)19-22-3/h4-5,10,21H,6-7H2,1-3H3,(H2,18,19). The fourth-order valence-electron chi connectivity index (χ4n) is 2.92. The number of hydrogen-bond acceptors (Lipinski definition) is 4. The van der Waals surface area contributed by atoms with Gasteiger partial charge in [0, 0.05) is 23.2 Å². The van der Waals surface area contributed by atoms with Crippen LogP contribution in [0.3, 0.4) is 0 Å². The molecule has 0 saturated carbocycles. The summed E-state index contributed by atoms with van der Waals surface area (Å²) in [5.41, 5.74) is 8.80. The molecule has 1 aromatic rings. The van der Waals surface area contributed by atoms with Crippen molar-refractivity contribution in [3.8, 4) is 0 Å². The number of rotatable bonds is 4. The number of amidine groups is 1. The Morgan fingerprint density at radius 1 is 1.45 bits per heavy atom. The molecule has 1 atom stereocenters. The molecule has 0 aromatic heterocycles. The molecule has 0 heterocycles. The van der Waals surface area contributed by atoms with E-state index in [4.69, 9.17) is 5.73 Å². The first kappa shape index (κ1) is 16.5. The molecule has 0 bridgehead atoms. The Morgan fingerprint density at radius 3 is 2.59 bits per heavy atom. The topological polar surface area (TPSA) is 84.9 Å². The minimum absolute atomic E-state index is 0.0683. The van der Waals surface area contributed by atoms with Crippen LogP contribution in [0.15, 0.2) is 27.5 Å². The summed E-state index contributed by atoms with van der Waals surface area (Å²) in [6.07, 6.45) is 0.527. The van der Waals surface area contributed by atoms with Gasteiger partial charge < -0.3 is 15.7 Å². The Kier molecular flexibility index (Phi) is 4.90. The number of aryl methyl sites for hydroxylation is 2. The molecule has 0 amide bonds. The van der Waals surface area contributed by atoms with Gasteiger partial charge in [-0.15, -0.1) is 0 Å². The van der Waals surface area contributed by atoms with Crippen LogP contribution >= 0.6 is 15.9 Å². The lowest BCUT2D eigenvalue weighted by Gasteiger charge is -2.12. The van der Waals surface area contributed by atoms with Gasteiger partial charge >= 0.3 is 0 Å². The van der Waals surface area contributed by atoms with E-state index in [0.717, 1.165) is 21.2 Å². The third kappa shape index (κ3) is 3.16. The maximum Gasteiger partial charge on any atom is 0.167 e. The minimum atomic E-state index is -0.344. The Hall–Kier alpha value is -1.82. The lowest BCUT2D eigenvalue weighted by molar-refractivity contribution is -0.113. The van der Waals surface area contributed by atoms with Crippen LogP contribution in [-0.2, 0) is 9.63 Å². The smallest absolute Gasteiger partial charge is 0.167 e. The zero-order valence-corrected chi connectivity index (χ0v) is 14.4. The number of Topliss-reactive ketones (excluding diaryl/α,β-unsaturated/α-hetero) is 1. The summed E-state index contributed by atoms with van der Waals surface area (Å²) in [7, 11) is 1.41. The zero-order chi connectivity index (χ0) is 16.4. The van der Waals surface area contributed by atoms with Gasteiger partial charge in [-0.3, -0.25) is 4.79 Å². The fraction of sp³-hybridized carbons (Fsp3) is 0.375. The van der Waals surface area contributed by atoms with Gasteiger partial charge in [0.2, 0.25) is 0 Å². The van der Waals surface area contributed by atoms with Crippen molar-refractivity contribution < 1.29 is 14.7 Å². The molecule has 1 aliphatic rings. The van der Waals surface area contributed by atoms with Crippen LogP contribution in [0.5, 0.6) is 0 Å². The molecule has 3 N–H and O–H groups in total. The number of aliphatic hydroxyl groups excluding tert-OH is 1. The number of benzene rings is 1. The number of carbonyl (C=O) groups excluding carboxylic acids is 1. The maximum atomic E-state index is 12.4. The summed E-state index contributed by atoms with van der Waals surface area (Å²) in [6.45, 7) is 3.85. The van der Waals surface area contributed by atoms with Gasteiger partial charge in [-0.2, -0.15) is 0 Å². The third-order valence-corrected chi connectivity index (χ3v) is 4.22. The third-order valence-electron chi connectivity index (χ3n) is 3.77. The number of halogens is 1. The highest BCUT2D eigenvalue weighted by molar-refractivity contribution is 9.10. The van der Waals surface area contributed by atoms with Crippen LogP contribution < -0.4 is 5.73 Å². The second kappa shape index (κ2) is 6.52. The molecule has 0 fully saturated rings. The van der Waals surface area contributed by atoms with Crippen molar-refractivity contribution in [3.63, 3.8) is 0 Å². The van der Waals surface area contributed by atoms with Crippen molar-refractivity contribution in [2.45, 2.75) is 26.7 Å². The molecule has 0 spiro atoms. The summed E-state index contributed by atoms with van der Waals surface area (Å²) < 4.78 is 0.949. The molecule has 2 rings (SSSR count). The van der Waals surface area contributed by atoms with E-state index in [1.165, 1.54) is 7.11 Å². The van der Waals surface area contributed by atoms with Crippen LogP contribution in [0.2, 0.25) is 0 Å². The predicted molar refractivity (Wildman–Crippen MR) is 89.5 cm³/mol. The van der Waals surface area contributed by atoms with E-state index in [-0.39, 0.29) is 29.7 Å². The molecule has 5 nitrogen and oxygen atoms in total. The van der Waals surface area contributed by atoms with E-state index in [9.17, 15) is 9.90 Å². The number of aliphatic hydroxyl groups is 1. The second-order valence-corrected chi connectivity index (χ2v) is 6.38. The Balaban J connectivity index is 2.44. The van der Waals surface area contributed by atoms with Crippen LogP contribution in [0, 0.1) is 19.8 Å². The highest BCUT2D eigenvalue weighted by atomic mass is 79.9. The van der Waals surface area contributed by atoms with Gasteiger partial charge in [-0.05, 0) is 42.7 Å². The monoisotopic (exact) mass is 366 g/mol. The first-order valence-corrected chi connectivity index (χ1v) is 7.73. The normalized spacial score (nSPS) is 19.0. The Bertz CT molecular complexity index is 657.